The van der Waals surface area contributed by atoms with Crippen molar-refractivity contribution in [3.05, 3.63) is 30.4 Å². The van der Waals surface area contributed by atoms with Crippen molar-refractivity contribution in [3.8, 4) is 11.5 Å². The highest BCUT2D eigenvalue weighted by atomic mass is 16.5. The van der Waals surface area contributed by atoms with E-state index in [0.717, 1.165) is 17.7 Å². The van der Waals surface area contributed by atoms with Crippen LogP contribution in [0.2, 0.25) is 0 Å². The molecule has 2 heterocycles. The fourth-order valence-corrected chi connectivity index (χ4v) is 4.71. The lowest BCUT2D eigenvalue weighted by atomic mass is 9.85. The van der Waals surface area contributed by atoms with Gasteiger partial charge in [-0.2, -0.15) is 0 Å². The summed E-state index contributed by atoms with van der Waals surface area (Å²) in [6, 6.07) is 5.17. The zero-order valence-corrected chi connectivity index (χ0v) is 14.7. The van der Waals surface area contributed by atoms with Gasteiger partial charge in [0.2, 0.25) is 17.7 Å². The number of ether oxygens (including phenoxy) is 2. The monoisotopic (exact) mass is 368 g/mol. The second-order valence-corrected chi connectivity index (χ2v) is 7.52. The van der Waals surface area contributed by atoms with Crippen LogP contribution in [0.1, 0.15) is 12.8 Å². The van der Waals surface area contributed by atoms with Crippen molar-refractivity contribution in [2.24, 2.45) is 23.7 Å². The van der Waals surface area contributed by atoms with Gasteiger partial charge >= 0.3 is 0 Å². The zero-order chi connectivity index (χ0) is 18.5. The number of carbonyl (C=O) groups is 3. The molecule has 1 N–H and O–H groups in total. The number of benzene rings is 1. The lowest BCUT2D eigenvalue weighted by Gasteiger charge is -2.17. The molecule has 4 aliphatic rings. The molecular weight excluding hydrogens is 348 g/mol. The maximum absolute atomic E-state index is 12.7. The first-order valence-corrected chi connectivity index (χ1v) is 9.35. The van der Waals surface area contributed by atoms with E-state index < -0.39 is 5.91 Å². The highest BCUT2D eigenvalue weighted by Gasteiger charge is 2.59. The van der Waals surface area contributed by atoms with Gasteiger partial charge in [-0.25, -0.2) is 0 Å². The SMILES string of the molecule is O=C(CN1C(=O)C2C3C=CC(C3)C2C1=O)Nc1ccc2c(c1)OCCCO2. The maximum atomic E-state index is 12.7. The third kappa shape index (κ3) is 2.60. The highest BCUT2D eigenvalue weighted by molar-refractivity contribution is 6.09. The van der Waals surface area contributed by atoms with E-state index in [1.54, 1.807) is 18.2 Å². The van der Waals surface area contributed by atoms with Gasteiger partial charge in [-0.05, 0) is 30.4 Å². The van der Waals surface area contributed by atoms with Gasteiger partial charge in [-0.15, -0.1) is 0 Å². The number of nitrogens with zero attached hydrogens (tertiary/aromatic N) is 1. The molecule has 3 amide bonds. The summed E-state index contributed by atoms with van der Waals surface area (Å²) in [6.07, 6.45) is 5.76. The lowest BCUT2D eigenvalue weighted by Crippen LogP contribution is -2.39. The minimum atomic E-state index is -0.397. The van der Waals surface area contributed by atoms with Gasteiger partial charge in [0.25, 0.3) is 0 Å². The third-order valence-electron chi connectivity index (χ3n) is 5.89. The van der Waals surface area contributed by atoms with Gasteiger partial charge in [-0.3, -0.25) is 19.3 Å². The summed E-state index contributed by atoms with van der Waals surface area (Å²) in [5.41, 5.74) is 0.547. The second kappa shape index (κ2) is 6.11. The molecular formula is C20H20N2O5. The van der Waals surface area contributed by atoms with Crippen molar-refractivity contribution in [2.75, 3.05) is 25.1 Å². The number of imide groups is 1. The molecule has 0 aromatic heterocycles. The molecule has 1 saturated carbocycles. The fourth-order valence-electron chi connectivity index (χ4n) is 4.71. The van der Waals surface area contributed by atoms with Crippen molar-refractivity contribution in [1.29, 1.82) is 0 Å². The third-order valence-corrected chi connectivity index (χ3v) is 5.89. The predicted octanol–water partition coefficient (Wildman–Crippen LogP) is 1.59. The second-order valence-electron chi connectivity index (χ2n) is 7.52. The molecule has 27 heavy (non-hydrogen) atoms. The Morgan fingerprint density at radius 1 is 1.04 bits per heavy atom. The summed E-state index contributed by atoms with van der Waals surface area (Å²) in [5.74, 6) is 0.133. The summed E-state index contributed by atoms with van der Waals surface area (Å²) < 4.78 is 11.2. The smallest absolute Gasteiger partial charge is 0.244 e. The molecule has 2 aliphatic carbocycles. The number of fused-ring (bicyclic) bond motifs is 6. The van der Waals surface area contributed by atoms with Gasteiger partial charge < -0.3 is 14.8 Å². The standard InChI is InChI=1S/C20H20N2O5/c23-16(21-13-4-5-14-15(9-13)27-7-1-6-26-14)10-22-19(24)17-11-2-3-12(8-11)18(17)20(22)25/h2-5,9,11-12,17-18H,1,6-8,10H2,(H,21,23). The van der Waals surface area contributed by atoms with E-state index in [0.29, 0.717) is 30.4 Å². The molecule has 7 nitrogen and oxygen atoms in total. The first-order chi connectivity index (χ1) is 13.1. The van der Waals surface area contributed by atoms with E-state index in [9.17, 15) is 14.4 Å². The molecule has 7 heteroatoms. The summed E-state index contributed by atoms with van der Waals surface area (Å²) in [4.78, 5) is 38.9. The average Bonchev–Trinajstić information content (AvgIpc) is 3.27. The Kier molecular flexibility index (Phi) is 3.70. The molecule has 1 saturated heterocycles. The minimum absolute atomic E-state index is 0.145. The molecule has 2 fully saturated rings. The Morgan fingerprint density at radius 3 is 2.41 bits per heavy atom. The highest BCUT2D eigenvalue weighted by Crippen LogP contribution is 2.52. The Balaban J connectivity index is 1.27. The Hall–Kier alpha value is -2.83. The first-order valence-electron chi connectivity index (χ1n) is 9.35. The average molecular weight is 368 g/mol. The van der Waals surface area contributed by atoms with Crippen molar-refractivity contribution in [3.63, 3.8) is 0 Å². The van der Waals surface area contributed by atoms with E-state index in [2.05, 4.69) is 5.32 Å². The van der Waals surface area contributed by atoms with Crippen LogP contribution in [-0.4, -0.2) is 42.4 Å². The zero-order valence-electron chi connectivity index (χ0n) is 14.7. The van der Waals surface area contributed by atoms with Crippen molar-refractivity contribution >= 4 is 23.4 Å². The van der Waals surface area contributed by atoms with Crippen LogP contribution in [-0.2, 0) is 14.4 Å². The van der Waals surface area contributed by atoms with E-state index >= 15 is 0 Å². The van der Waals surface area contributed by atoms with Crippen LogP contribution >= 0.6 is 0 Å². The molecule has 1 aromatic rings. The number of hydrogen-bond acceptors (Lipinski definition) is 5. The number of amides is 3. The summed E-state index contributed by atoms with van der Waals surface area (Å²) in [6.45, 7) is 0.899. The summed E-state index contributed by atoms with van der Waals surface area (Å²) in [5, 5.41) is 2.75. The Bertz CT molecular complexity index is 834. The van der Waals surface area contributed by atoms with Gasteiger partial charge in [0.1, 0.15) is 6.54 Å². The van der Waals surface area contributed by atoms with Crippen LogP contribution in [0, 0.1) is 23.7 Å². The Morgan fingerprint density at radius 2 is 1.70 bits per heavy atom. The quantitative estimate of drug-likeness (QED) is 0.647. The van der Waals surface area contributed by atoms with Crippen molar-refractivity contribution < 1.29 is 23.9 Å². The van der Waals surface area contributed by atoms with E-state index in [1.165, 1.54) is 0 Å². The van der Waals surface area contributed by atoms with E-state index in [1.807, 2.05) is 12.2 Å². The lowest BCUT2D eigenvalue weighted by molar-refractivity contribution is -0.143. The van der Waals surface area contributed by atoms with Gasteiger partial charge in [-0.1, -0.05) is 12.2 Å². The number of anilines is 1. The van der Waals surface area contributed by atoms with Crippen molar-refractivity contribution in [1.82, 2.24) is 4.90 Å². The normalized spacial score (nSPS) is 30.4. The van der Waals surface area contributed by atoms with Crippen molar-refractivity contribution in [2.45, 2.75) is 12.8 Å². The summed E-state index contributed by atoms with van der Waals surface area (Å²) in [7, 11) is 0. The number of likely N-dealkylation sites (tertiary alicyclic amines) is 1. The molecule has 0 radical (unpaired) electrons. The van der Waals surface area contributed by atoms with Crippen LogP contribution in [0.4, 0.5) is 5.69 Å². The fraction of sp³-hybridized carbons (Fsp3) is 0.450. The topological polar surface area (TPSA) is 84.9 Å². The van der Waals surface area contributed by atoms with Gasteiger partial charge in [0, 0.05) is 18.2 Å². The molecule has 4 unspecified atom stereocenters. The maximum Gasteiger partial charge on any atom is 0.244 e. The van der Waals surface area contributed by atoms with E-state index in [-0.39, 0.29) is 42.0 Å². The molecule has 140 valence electrons. The van der Waals surface area contributed by atoms with Gasteiger partial charge in [0.15, 0.2) is 11.5 Å². The number of carbonyl (C=O) groups excluding carboxylic acids is 3. The minimum Gasteiger partial charge on any atom is -0.490 e. The van der Waals surface area contributed by atoms with Crippen LogP contribution in [0.3, 0.4) is 0 Å². The van der Waals surface area contributed by atoms with E-state index in [4.69, 9.17) is 9.47 Å². The van der Waals surface area contributed by atoms with Crippen LogP contribution in [0.15, 0.2) is 30.4 Å². The number of allylic oxidation sites excluding steroid dienone is 2. The number of hydrogen-bond donors (Lipinski definition) is 1. The molecule has 5 rings (SSSR count). The predicted molar refractivity (Wildman–Crippen MR) is 95.1 cm³/mol. The molecule has 2 aliphatic heterocycles. The van der Waals surface area contributed by atoms with Crippen LogP contribution in [0.25, 0.3) is 0 Å². The van der Waals surface area contributed by atoms with Crippen LogP contribution < -0.4 is 14.8 Å². The molecule has 4 atom stereocenters. The first kappa shape index (κ1) is 16.4. The largest absolute Gasteiger partial charge is 0.490 e. The Labute approximate surface area is 156 Å². The molecule has 2 bridgehead atoms. The van der Waals surface area contributed by atoms with Gasteiger partial charge in [0.05, 0.1) is 25.0 Å². The molecule has 0 spiro atoms. The number of nitrogens with one attached hydrogen (secondary N) is 1. The summed E-state index contributed by atoms with van der Waals surface area (Å²) >= 11 is 0. The number of rotatable bonds is 3. The molecule has 1 aromatic carbocycles. The van der Waals surface area contributed by atoms with Crippen LogP contribution in [0.5, 0.6) is 11.5 Å².